The Morgan fingerprint density at radius 1 is 1.29 bits per heavy atom. The van der Waals surface area contributed by atoms with E-state index in [1.54, 1.807) is 11.8 Å². The highest BCUT2D eigenvalue weighted by molar-refractivity contribution is 7.66. The summed E-state index contributed by atoms with van der Waals surface area (Å²) in [6.45, 7) is -0.510. The second-order valence-corrected chi connectivity index (χ2v) is 10.8. The summed E-state index contributed by atoms with van der Waals surface area (Å²) >= 11 is 0. The van der Waals surface area contributed by atoms with E-state index in [2.05, 4.69) is 23.2 Å². The topological polar surface area (TPSA) is 263 Å². The molecule has 22 heteroatoms. The number of phosphoric ester groups is 1. The van der Waals surface area contributed by atoms with Crippen molar-refractivity contribution >= 4 is 29.3 Å². The normalized spacial score (nSPS) is 29.5. The third-order valence-corrected chi connectivity index (χ3v) is 7.80. The monoisotopic (exact) mass is 556 g/mol. The number of aliphatic hydroxyl groups excluding tert-OH is 1. The quantitative estimate of drug-likeness (QED) is 0.164. The Hall–Kier alpha value is -1.64. The van der Waals surface area contributed by atoms with Crippen molar-refractivity contribution in [1.82, 2.24) is 14.8 Å². The van der Waals surface area contributed by atoms with Crippen LogP contribution in [0.1, 0.15) is 13.2 Å². The fourth-order valence-electron chi connectivity index (χ4n) is 2.71. The van der Waals surface area contributed by atoms with Crippen LogP contribution in [0.25, 0.3) is 0 Å². The van der Waals surface area contributed by atoms with E-state index in [0.717, 1.165) is 13.1 Å². The van der Waals surface area contributed by atoms with Crippen molar-refractivity contribution in [2.45, 2.75) is 37.1 Å². The van der Waals surface area contributed by atoms with Gasteiger partial charge in [0.15, 0.2) is 0 Å². The average Bonchev–Trinajstić information content (AvgIpc) is 2.88. The lowest BCUT2D eigenvalue weighted by Crippen LogP contribution is -2.46. The maximum atomic E-state index is 15.6. The maximum absolute atomic E-state index is 15.6. The van der Waals surface area contributed by atoms with E-state index >= 15 is 4.39 Å². The lowest BCUT2D eigenvalue weighted by atomic mass is 9.94. The second kappa shape index (κ2) is 10.2. The Morgan fingerprint density at radius 2 is 1.91 bits per heavy atom. The van der Waals surface area contributed by atoms with E-state index in [0.29, 0.717) is 0 Å². The van der Waals surface area contributed by atoms with Gasteiger partial charge in [0.25, 0.3) is 0 Å². The van der Waals surface area contributed by atoms with Crippen molar-refractivity contribution in [2.24, 2.45) is 0 Å². The minimum atomic E-state index is -5.87. The third kappa shape index (κ3) is 6.95. The van der Waals surface area contributed by atoms with Crippen LogP contribution in [-0.2, 0) is 31.6 Å². The summed E-state index contributed by atoms with van der Waals surface area (Å²) in [5.74, 6) is 3.06. The van der Waals surface area contributed by atoms with E-state index in [1.165, 1.54) is 0 Å². The molecule has 192 valence electrons. The highest BCUT2D eigenvalue weighted by Gasteiger charge is 2.61. The summed E-state index contributed by atoms with van der Waals surface area (Å²) < 4.78 is 79.3. The van der Waals surface area contributed by atoms with E-state index in [1.807, 2.05) is 0 Å². The third-order valence-electron chi connectivity index (χ3n) is 3.87. The number of rotatable bonds is 8. The molecule has 17 nitrogen and oxygen atoms in total. The highest BCUT2D eigenvalue weighted by atomic mass is 31.3. The van der Waals surface area contributed by atoms with Gasteiger partial charge >= 0.3 is 29.2 Å². The first-order valence-electron chi connectivity index (χ1n) is 8.53. The van der Waals surface area contributed by atoms with Gasteiger partial charge in [-0.3, -0.25) is 4.52 Å². The number of halogens is 2. The predicted molar refractivity (Wildman–Crippen MR) is 103 cm³/mol. The molecule has 1 aromatic heterocycles. The molecule has 1 aromatic rings. The van der Waals surface area contributed by atoms with Crippen molar-refractivity contribution in [3.05, 3.63) is 16.7 Å². The van der Waals surface area contributed by atoms with Gasteiger partial charge in [-0.2, -0.15) is 23.4 Å². The number of hydrogen-bond acceptors (Lipinski definition) is 12. The first-order valence-corrected chi connectivity index (χ1v) is 13.0. The number of hydrogen-bond donors (Lipinski definition) is 6. The number of phosphoric acid groups is 3. The zero-order valence-corrected chi connectivity index (χ0v) is 19.3. The molecule has 1 aliphatic rings. The minimum Gasteiger partial charge on any atom is -0.386 e. The van der Waals surface area contributed by atoms with Crippen LogP contribution in [-0.4, -0.2) is 70.1 Å². The van der Waals surface area contributed by atoms with Gasteiger partial charge in [0.1, 0.15) is 24.7 Å². The molecule has 0 bridgehead atoms. The van der Waals surface area contributed by atoms with Crippen LogP contribution in [0.2, 0.25) is 0 Å². The largest absolute Gasteiger partial charge is 0.490 e. The lowest BCUT2D eigenvalue weighted by molar-refractivity contribution is -0.0828. The zero-order chi connectivity index (χ0) is 26.1. The molecular formula is C12H17F2N4O13P3. The SMILES string of the molecule is C[C@H](OP(=O)(O)OP(=O)(O)OP(=O)(O)O)[C@H]1O[C@@H](n2ncc(N)nc2=O)C(F)(C#CCF)[C@H]1O. The maximum Gasteiger partial charge on any atom is 0.490 e. The smallest absolute Gasteiger partial charge is 0.386 e. The number of ether oxygens (including phenoxy) is 1. The first kappa shape index (κ1) is 28.6. The molecule has 1 fully saturated rings. The Bertz CT molecular complexity index is 1180. The molecule has 3 unspecified atom stereocenters. The van der Waals surface area contributed by atoms with Crippen LogP contribution in [0.3, 0.4) is 0 Å². The molecule has 0 aliphatic carbocycles. The van der Waals surface area contributed by atoms with E-state index < -0.39 is 66.0 Å². The number of aliphatic hydroxyl groups is 1. The summed E-state index contributed by atoms with van der Waals surface area (Å²) in [6, 6.07) is 0. The summed E-state index contributed by atoms with van der Waals surface area (Å²) in [5.41, 5.74) is 0.751. The Kier molecular flexibility index (Phi) is 8.54. The van der Waals surface area contributed by atoms with Crippen molar-refractivity contribution in [2.75, 3.05) is 12.4 Å². The highest BCUT2D eigenvalue weighted by Crippen LogP contribution is 2.66. The molecule has 1 aliphatic heterocycles. The van der Waals surface area contributed by atoms with Gasteiger partial charge in [0.05, 0.1) is 12.3 Å². The summed E-state index contributed by atoms with van der Waals surface area (Å²) in [4.78, 5) is 51.2. The summed E-state index contributed by atoms with van der Waals surface area (Å²) in [5, 5.41) is 13.9. The Labute approximate surface area is 187 Å². The standard InChI is InChI=1S/C12H17F2N4O13P3/c1-6(29-33(24,25)31-34(26,27)30-32(21,22)23)8-9(19)12(14,3-2-4-13)10(28-8)18-11(20)17-7(15)5-16-18/h5-6,8-10,19H,4H2,1H3,(H,24,25)(H,26,27)(H2,15,17,20)(H2,21,22,23)/t6-,8+,9-,10+,12?/m0/s1. The van der Waals surface area contributed by atoms with Crippen LogP contribution < -0.4 is 11.4 Å². The van der Waals surface area contributed by atoms with Crippen LogP contribution in [0.5, 0.6) is 0 Å². The zero-order valence-electron chi connectivity index (χ0n) is 16.6. The number of alkyl halides is 2. The average molecular weight is 556 g/mol. The first-order chi connectivity index (χ1) is 15.4. The van der Waals surface area contributed by atoms with Crippen LogP contribution in [0.15, 0.2) is 11.0 Å². The molecule has 0 radical (unpaired) electrons. The molecule has 0 spiro atoms. The number of nitrogens with zero attached hydrogens (tertiary/aromatic N) is 3. The van der Waals surface area contributed by atoms with Gasteiger partial charge in [-0.1, -0.05) is 11.8 Å². The van der Waals surface area contributed by atoms with Gasteiger partial charge in [0.2, 0.25) is 11.9 Å². The Balaban J connectivity index is 2.34. The second-order valence-electron chi connectivity index (χ2n) is 6.41. The van der Waals surface area contributed by atoms with Crippen LogP contribution in [0.4, 0.5) is 14.6 Å². The summed E-state index contributed by atoms with van der Waals surface area (Å²) in [6.07, 6.45) is -7.71. The van der Waals surface area contributed by atoms with Crippen LogP contribution >= 0.6 is 23.5 Å². The van der Waals surface area contributed by atoms with Crippen molar-refractivity contribution in [3.63, 3.8) is 0 Å². The molecule has 2 heterocycles. The molecule has 1 saturated heterocycles. The minimum absolute atomic E-state index is 0.254. The molecule has 34 heavy (non-hydrogen) atoms. The van der Waals surface area contributed by atoms with Crippen molar-refractivity contribution in [1.29, 1.82) is 0 Å². The van der Waals surface area contributed by atoms with Gasteiger partial charge in [-0.25, -0.2) is 27.3 Å². The van der Waals surface area contributed by atoms with Gasteiger partial charge in [0, 0.05) is 0 Å². The molecular weight excluding hydrogens is 539 g/mol. The van der Waals surface area contributed by atoms with Crippen LogP contribution in [0, 0.1) is 11.8 Å². The van der Waals surface area contributed by atoms with Gasteiger partial charge < -0.3 is 35.2 Å². The number of anilines is 1. The van der Waals surface area contributed by atoms with E-state index in [-0.39, 0.29) is 10.5 Å². The number of aromatic nitrogens is 3. The van der Waals surface area contributed by atoms with E-state index in [9.17, 15) is 37.8 Å². The molecule has 0 amide bonds. The van der Waals surface area contributed by atoms with Crippen molar-refractivity contribution < 1.29 is 65.0 Å². The van der Waals surface area contributed by atoms with E-state index in [4.69, 9.17) is 20.3 Å². The fraction of sp³-hybridized carbons (Fsp3) is 0.583. The fourth-order valence-corrected chi connectivity index (χ4v) is 5.91. The Morgan fingerprint density at radius 3 is 2.44 bits per heavy atom. The molecule has 7 N–H and O–H groups in total. The van der Waals surface area contributed by atoms with Gasteiger partial charge in [-0.05, 0) is 6.92 Å². The molecule has 2 rings (SSSR count). The summed E-state index contributed by atoms with van der Waals surface area (Å²) in [7, 11) is -17.2. The lowest BCUT2D eigenvalue weighted by Gasteiger charge is -2.25. The predicted octanol–water partition coefficient (Wildman–Crippen LogP) is -1.11. The number of nitrogens with two attached hydrogens (primary N) is 1. The molecule has 0 saturated carbocycles. The number of nitrogen functional groups attached to an aromatic ring is 1. The molecule has 7 atom stereocenters. The van der Waals surface area contributed by atoms with Crippen molar-refractivity contribution in [3.8, 4) is 11.8 Å². The molecule has 0 aromatic carbocycles. The van der Waals surface area contributed by atoms with Gasteiger partial charge in [-0.15, -0.1) is 0 Å².